The lowest BCUT2D eigenvalue weighted by Crippen LogP contribution is -2.33. The summed E-state index contributed by atoms with van der Waals surface area (Å²) in [4.78, 5) is 23.3. The Labute approximate surface area is 184 Å². The van der Waals surface area contributed by atoms with Crippen molar-refractivity contribution < 1.29 is 23.8 Å². The molecule has 2 aromatic carbocycles. The van der Waals surface area contributed by atoms with Gasteiger partial charge in [-0.2, -0.15) is 0 Å². The molecule has 1 aliphatic rings. The van der Waals surface area contributed by atoms with Gasteiger partial charge in [0.2, 0.25) is 5.91 Å². The molecule has 1 aliphatic heterocycles. The van der Waals surface area contributed by atoms with Gasteiger partial charge in [0.1, 0.15) is 16.1 Å². The number of hydrogen-bond acceptors (Lipinski definition) is 8. The molecule has 7 nitrogen and oxygen atoms in total. The lowest BCUT2D eigenvalue weighted by molar-refractivity contribution is -0.142. The zero-order valence-electron chi connectivity index (χ0n) is 16.5. The van der Waals surface area contributed by atoms with E-state index in [1.54, 1.807) is 19.2 Å². The number of amides is 1. The van der Waals surface area contributed by atoms with E-state index in [1.807, 2.05) is 30.3 Å². The summed E-state index contributed by atoms with van der Waals surface area (Å²) in [6.45, 7) is 0. The van der Waals surface area contributed by atoms with Crippen LogP contribution in [0.5, 0.6) is 17.2 Å². The van der Waals surface area contributed by atoms with Crippen LogP contribution in [-0.2, 0) is 27.2 Å². The van der Waals surface area contributed by atoms with Crippen molar-refractivity contribution in [2.75, 3.05) is 14.2 Å². The fourth-order valence-corrected chi connectivity index (χ4v) is 4.28. The third-order valence-corrected chi connectivity index (χ3v) is 5.90. The van der Waals surface area contributed by atoms with Gasteiger partial charge in [-0.15, -0.1) is 0 Å². The molecule has 30 heavy (non-hydrogen) atoms. The van der Waals surface area contributed by atoms with Gasteiger partial charge in [0.05, 0.1) is 19.5 Å². The number of nitrogens with one attached hydrogen (secondary N) is 1. The summed E-state index contributed by atoms with van der Waals surface area (Å²) in [7, 11) is 2.88. The number of thioether (sulfide) groups is 1. The second kappa shape index (κ2) is 9.92. The minimum Gasteiger partial charge on any atom is -0.493 e. The number of methoxy groups -OCH3 is 2. The van der Waals surface area contributed by atoms with E-state index in [9.17, 15) is 9.59 Å². The Bertz CT molecular complexity index is 949. The first-order chi connectivity index (χ1) is 14.4. The largest absolute Gasteiger partial charge is 0.493 e. The van der Waals surface area contributed by atoms with Gasteiger partial charge in [-0.05, 0) is 48.2 Å². The molecular weight excluding hydrogens is 424 g/mol. The molecule has 0 radical (unpaired) electrons. The Morgan fingerprint density at radius 1 is 1.17 bits per heavy atom. The van der Waals surface area contributed by atoms with Gasteiger partial charge in [-0.3, -0.25) is 9.59 Å². The number of esters is 1. The van der Waals surface area contributed by atoms with Crippen LogP contribution < -0.4 is 20.5 Å². The van der Waals surface area contributed by atoms with Gasteiger partial charge in [-0.25, -0.2) is 0 Å². The topological polar surface area (TPSA) is 99.9 Å². The molecule has 3 rings (SSSR count). The van der Waals surface area contributed by atoms with Gasteiger partial charge in [0.25, 0.3) is 0 Å². The average Bonchev–Trinajstić information content (AvgIpc) is 3.06. The van der Waals surface area contributed by atoms with Crippen molar-refractivity contribution >= 4 is 40.2 Å². The van der Waals surface area contributed by atoms with Crippen molar-refractivity contribution in [3.8, 4) is 17.2 Å². The third-order valence-electron chi connectivity index (χ3n) is 4.53. The molecule has 0 saturated carbocycles. The third kappa shape index (κ3) is 5.50. The highest BCUT2D eigenvalue weighted by molar-refractivity contribution is 8.24. The lowest BCUT2D eigenvalue weighted by Gasteiger charge is -2.14. The standard InChI is InChI=1S/C21H22N2O5S2/c1-26-17-10-13(11-18-19(24)23-21(29)30-18)5-8-16(17)28-14-6-3-12(4-7-14)9-15(22)20(25)27-2/h3-8,10,15,18H,9,11,22H2,1-2H3,(H,23,24,29)/t15-,18?/m1/s1. The minimum atomic E-state index is -0.705. The van der Waals surface area contributed by atoms with Crippen LogP contribution in [-0.4, -0.2) is 41.7 Å². The van der Waals surface area contributed by atoms with E-state index in [2.05, 4.69) is 10.1 Å². The van der Waals surface area contributed by atoms with Crippen molar-refractivity contribution in [2.45, 2.75) is 24.1 Å². The molecule has 1 amide bonds. The van der Waals surface area contributed by atoms with Crippen LogP contribution in [0.1, 0.15) is 11.1 Å². The summed E-state index contributed by atoms with van der Waals surface area (Å²) >= 11 is 6.40. The van der Waals surface area contributed by atoms with E-state index in [-0.39, 0.29) is 11.2 Å². The van der Waals surface area contributed by atoms with E-state index >= 15 is 0 Å². The molecule has 0 aliphatic carbocycles. The molecule has 1 saturated heterocycles. The molecule has 0 spiro atoms. The number of carbonyl (C=O) groups is 2. The Kier molecular flexibility index (Phi) is 7.30. The fraction of sp³-hybridized carbons (Fsp3) is 0.286. The first kappa shape index (κ1) is 22.1. The second-order valence-corrected chi connectivity index (χ2v) is 8.53. The molecule has 0 aromatic heterocycles. The summed E-state index contributed by atoms with van der Waals surface area (Å²) in [6.07, 6.45) is 0.920. The van der Waals surface area contributed by atoms with Crippen LogP contribution in [0.25, 0.3) is 0 Å². The lowest BCUT2D eigenvalue weighted by atomic mass is 10.1. The smallest absolute Gasteiger partial charge is 0.322 e. The van der Waals surface area contributed by atoms with Crippen LogP contribution in [0.2, 0.25) is 0 Å². The minimum absolute atomic E-state index is 0.0729. The first-order valence-electron chi connectivity index (χ1n) is 9.18. The maximum atomic E-state index is 11.9. The van der Waals surface area contributed by atoms with Gasteiger partial charge >= 0.3 is 5.97 Å². The van der Waals surface area contributed by atoms with Crippen molar-refractivity contribution in [3.05, 3.63) is 53.6 Å². The van der Waals surface area contributed by atoms with Crippen LogP contribution in [0.3, 0.4) is 0 Å². The van der Waals surface area contributed by atoms with Crippen molar-refractivity contribution in [3.63, 3.8) is 0 Å². The Hall–Kier alpha value is -2.62. The summed E-state index contributed by atoms with van der Waals surface area (Å²) in [5.74, 6) is 1.22. The van der Waals surface area contributed by atoms with Gasteiger partial charge in [-0.1, -0.05) is 42.2 Å². The zero-order valence-corrected chi connectivity index (χ0v) is 18.2. The van der Waals surface area contributed by atoms with E-state index in [1.165, 1.54) is 18.9 Å². The summed E-state index contributed by atoms with van der Waals surface area (Å²) in [5.41, 5.74) is 7.64. The number of carbonyl (C=O) groups excluding carboxylic acids is 2. The number of nitrogens with two attached hydrogens (primary N) is 1. The van der Waals surface area contributed by atoms with Gasteiger partial charge in [0.15, 0.2) is 11.5 Å². The molecule has 0 bridgehead atoms. The van der Waals surface area contributed by atoms with E-state index in [0.29, 0.717) is 34.4 Å². The highest BCUT2D eigenvalue weighted by Gasteiger charge is 2.29. The van der Waals surface area contributed by atoms with E-state index in [0.717, 1.165) is 11.1 Å². The van der Waals surface area contributed by atoms with Crippen molar-refractivity contribution in [1.29, 1.82) is 0 Å². The predicted molar refractivity (Wildman–Crippen MR) is 119 cm³/mol. The van der Waals surface area contributed by atoms with Crippen molar-refractivity contribution in [2.24, 2.45) is 5.73 Å². The van der Waals surface area contributed by atoms with Gasteiger partial charge < -0.3 is 25.3 Å². The fourth-order valence-electron chi connectivity index (χ4n) is 2.97. The van der Waals surface area contributed by atoms with Crippen molar-refractivity contribution in [1.82, 2.24) is 5.32 Å². The Balaban J connectivity index is 1.66. The number of thiocarbonyl (C=S) groups is 1. The summed E-state index contributed by atoms with van der Waals surface area (Å²) < 4.78 is 16.5. The maximum absolute atomic E-state index is 11.9. The number of hydrogen-bond donors (Lipinski definition) is 2. The molecule has 158 valence electrons. The van der Waals surface area contributed by atoms with Crippen LogP contribution in [0.15, 0.2) is 42.5 Å². The highest BCUT2D eigenvalue weighted by atomic mass is 32.2. The molecule has 2 aromatic rings. The highest BCUT2D eigenvalue weighted by Crippen LogP contribution is 2.34. The van der Waals surface area contributed by atoms with Crippen LogP contribution in [0, 0.1) is 0 Å². The molecule has 2 atom stereocenters. The SMILES string of the molecule is COC(=O)[C@H](N)Cc1ccc(Oc2ccc(CC3SC(=S)NC3=O)cc2OC)cc1. The van der Waals surface area contributed by atoms with Crippen LogP contribution in [0.4, 0.5) is 0 Å². The Morgan fingerprint density at radius 3 is 2.47 bits per heavy atom. The normalized spacial score (nSPS) is 16.7. The molecule has 1 heterocycles. The average molecular weight is 447 g/mol. The molecule has 1 fully saturated rings. The summed E-state index contributed by atoms with van der Waals surface area (Å²) in [5, 5.41) is 2.41. The summed E-state index contributed by atoms with van der Waals surface area (Å²) in [6, 6.07) is 12.1. The second-order valence-electron chi connectivity index (χ2n) is 6.65. The van der Waals surface area contributed by atoms with Crippen LogP contribution >= 0.6 is 24.0 Å². The quantitative estimate of drug-likeness (QED) is 0.472. The van der Waals surface area contributed by atoms with E-state index in [4.69, 9.17) is 27.4 Å². The predicted octanol–water partition coefficient (Wildman–Crippen LogP) is 2.59. The molecular formula is C21H22N2O5S2. The maximum Gasteiger partial charge on any atom is 0.322 e. The molecule has 3 N–H and O–H groups in total. The molecule has 9 heteroatoms. The Morgan fingerprint density at radius 2 is 1.87 bits per heavy atom. The van der Waals surface area contributed by atoms with E-state index < -0.39 is 12.0 Å². The first-order valence-corrected chi connectivity index (χ1v) is 10.5. The zero-order chi connectivity index (χ0) is 21.7. The van der Waals surface area contributed by atoms with Gasteiger partial charge in [0, 0.05) is 0 Å². The molecule has 1 unspecified atom stereocenters. The number of benzene rings is 2. The number of ether oxygens (including phenoxy) is 3. The monoisotopic (exact) mass is 446 g/mol. The number of rotatable bonds is 8.